The maximum atomic E-state index is 15.2. The number of likely N-dealkylation sites (tertiary alicyclic amines) is 1. The molecule has 4 rings (SSSR count). The van der Waals surface area contributed by atoms with Gasteiger partial charge in [0.25, 0.3) is 11.8 Å². The van der Waals surface area contributed by atoms with E-state index in [4.69, 9.17) is 0 Å². The van der Waals surface area contributed by atoms with Gasteiger partial charge >= 0.3 is 53.8 Å². The van der Waals surface area contributed by atoms with Crippen LogP contribution in [-0.4, -0.2) is 77.0 Å². The molecule has 0 spiro atoms. The summed E-state index contributed by atoms with van der Waals surface area (Å²) in [7, 11) is 0. The predicted octanol–water partition coefficient (Wildman–Crippen LogP) is 11.0. The Kier molecular flexibility index (Phi) is 11.5. The third-order valence-electron chi connectivity index (χ3n) is 8.83. The van der Waals surface area contributed by atoms with Gasteiger partial charge in [-0.2, -0.15) is 74.6 Å². The van der Waals surface area contributed by atoms with Crippen molar-refractivity contribution in [2.75, 3.05) is 18.4 Å². The van der Waals surface area contributed by atoms with E-state index in [1.54, 1.807) is 0 Å². The molecule has 0 bridgehead atoms. The average molecular weight is 878 g/mol. The molecule has 1 aliphatic heterocycles. The molecule has 2 heterocycles. The van der Waals surface area contributed by atoms with Gasteiger partial charge in [-0.15, -0.1) is 11.3 Å². The Morgan fingerprint density at radius 2 is 1.21 bits per heavy atom. The third-order valence-corrected chi connectivity index (χ3v) is 9.84. The summed E-state index contributed by atoms with van der Waals surface area (Å²) in [6.07, 6.45) is -40.6. The second kappa shape index (κ2) is 14.5. The van der Waals surface area contributed by atoms with Crippen LogP contribution in [0.3, 0.4) is 0 Å². The van der Waals surface area contributed by atoms with Crippen LogP contribution in [0.5, 0.6) is 0 Å². The van der Waals surface area contributed by atoms with E-state index in [0.717, 1.165) is 23.6 Å². The minimum absolute atomic E-state index is 0.0181. The SMILES string of the molecule is O=C(Nc1ccccc1-c1cccc(C(F)(F)F)c1)c1csc(C2CCN(C(=O)C(F)(F)C(F)(C(F)(F)F)C(F)(F)C(C(F)(F)F)(C(F)(F)F)C(F)(F)F)CC2)n1. The normalized spacial score (nSPS) is 17.0. The maximum absolute atomic E-state index is 15.2. The molecule has 0 aliphatic carbocycles. The van der Waals surface area contributed by atoms with E-state index in [1.165, 1.54) is 30.3 Å². The highest BCUT2D eigenvalue weighted by Crippen LogP contribution is 2.72. The first-order chi connectivity index (χ1) is 25.7. The number of anilines is 1. The van der Waals surface area contributed by atoms with Crippen LogP contribution in [0.2, 0.25) is 0 Å². The number of thiazole rings is 1. The molecule has 1 unspecified atom stereocenters. The number of halogens is 20. The first kappa shape index (κ1) is 45.3. The lowest BCUT2D eigenvalue weighted by Crippen LogP contribution is -2.81. The maximum Gasteiger partial charge on any atom is 0.435 e. The Bertz CT molecular complexity index is 1920. The fraction of sp³-hybridized carbons (Fsp3) is 0.452. The monoisotopic (exact) mass is 877 g/mol. The highest BCUT2D eigenvalue weighted by molar-refractivity contribution is 7.10. The number of para-hydroxylation sites is 1. The van der Waals surface area contributed by atoms with Gasteiger partial charge in [0.15, 0.2) is 0 Å². The molecule has 0 radical (unpaired) electrons. The van der Waals surface area contributed by atoms with Crippen molar-refractivity contribution in [2.45, 2.75) is 67.2 Å². The Labute approximate surface area is 308 Å². The molecule has 3 aromatic rings. The summed E-state index contributed by atoms with van der Waals surface area (Å²) in [5.41, 5.74) is -19.2. The highest BCUT2D eigenvalue weighted by atomic mass is 32.1. The molecule has 1 N–H and O–H groups in total. The number of hydrogen-bond donors (Lipinski definition) is 1. The summed E-state index contributed by atoms with van der Waals surface area (Å²) in [5, 5.41) is 3.40. The second-order valence-electron chi connectivity index (χ2n) is 12.3. The zero-order valence-corrected chi connectivity index (χ0v) is 28.1. The fourth-order valence-electron chi connectivity index (χ4n) is 5.98. The molecule has 1 fully saturated rings. The molecule has 316 valence electrons. The number of piperidine rings is 1. The first-order valence-electron chi connectivity index (χ1n) is 15.2. The van der Waals surface area contributed by atoms with Crippen molar-refractivity contribution in [3.05, 3.63) is 70.2 Å². The summed E-state index contributed by atoms with van der Waals surface area (Å²) in [5.74, 6) is -22.9. The average Bonchev–Trinajstić information content (AvgIpc) is 3.56. The highest BCUT2D eigenvalue weighted by Gasteiger charge is 3.03. The van der Waals surface area contributed by atoms with Gasteiger partial charge in [-0.25, -0.2) is 18.2 Å². The van der Waals surface area contributed by atoms with Crippen LogP contribution in [0.4, 0.5) is 93.5 Å². The number of carbonyl (C=O) groups is 2. The molecular formula is C31H19F20N3O2S. The van der Waals surface area contributed by atoms with Crippen LogP contribution in [0.15, 0.2) is 53.9 Å². The van der Waals surface area contributed by atoms with Gasteiger partial charge in [0.1, 0.15) is 5.69 Å². The van der Waals surface area contributed by atoms with Gasteiger partial charge in [0.05, 0.1) is 10.6 Å². The van der Waals surface area contributed by atoms with E-state index in [9.17, 15) is 84.2 Å². The Morgan fingerprint density at radius 1 is 0.684 bits per heavy atom. The Morgan fingerprint density at radius 3 is 1.70 bits per heavy atom. The van der Waals surface area contributed by atoms with Crippen molar-refractivity contribution in [1.29, 1.82) is 0 Å². The van der Waals surface area contributed by atoms with E-state index < -0.39 is 114 Å². The van der Waals surface area contributed by atoms with Gasteiger partial charge in [0.2, 0.25) is 0 Å². The summed E-state index contributed by atoms with van der Waals surface area (Å²) in [6, 6.07) is 9.49. The topological polar surface area (TPSA) is 62.3 Å². The lowest BCUT2D eigenvalue weighted by Gasteiger charge is -2.50. The van der Waals surface area contributed by atoms with Crippen LogP contribution < -0.4 is 5.32 Å². The lowest BCUT2D eigenvalue weighted by atomic mass is 9.68. The summed E-state index contributed by atoms with van der Waals surface area (Å²) in [4.78, 5) is 28.9. The molecule has 5 nitrogen and oxygen atoms in total. The summed E-state index contributed by atoms with van der Waals surface area (Å²) >= 11 is 0.660. The van der Waals surface area contributed by atoms with E-state index in [-0.39, 0.29) is 21.8 Å². The minimum atomic E-state index is -9.25. The van der Waals surface area contributed by atoms with Crippen molar-refractivity contribution in [3.8, 4) is 11.1 Å². The molecule has 26 heteroatoms. The molecule has 1 atom stereocenters. The van der Waals surface area contributed by atoms with Crippen LogP contribution in [0.1, 0.15) is 39.8 Å². The largest absolute Gasteiger partial charge is 0.435 e. The van der Waals surface area contributed by atoms with Crippen molar-refractivity contribution < 1.29 is 97.4 Å². The smallest absolute Gasteiger partial charge is 0.337 e. The van der Waals surface area contributed by atoms with Gasteiger partial charge in [0, 0.05) is 35.6 Å². The molecule has 1 aromatic heterocycles. The third kappa shape index (κ3) is 7.45. The first-order valence-corrected chi connectivity index (χ1v) is 16.1. The zero-order chi connectivity index (χ0) is 43.6. The quantitative estimate of drug-likeness (QED) is 0.229. The number of nitrogens with zero attached hydrogens (tertiary/aromatic N) is 2. The van der Waals surface area contributed by atoms with Gasteiger partial charge in [-0.3, -0.25) is 9.59 Å². The number of hydrogen-bond acceptors (Lipinski definition) is 4. The number of aromatic nitrogens is 1. The van der Waals surface area contributed by atoms with Crippen molar-refractivity contribution in [2.24, 2.45) is 5.41 Å². The van der Waals surface area contributed by atoms with Crippen molar-refractivity contribution in [3.63, 3.8) is 0 Å². The molecule has 1 aliphatic rings. The molecule has 2 aromatic carbocycles. The van der Waals surface area contributed by atoms with E-state index in [0.29, 0.717) is 11.3 Å². The van der Waals surface area contributed by atoms with Crippen LogP contribution >= 0.6 is 11.3 Å². The molecular weight excluding hydrogens is 858 g/mol. The Hall–Kier alpha value is -4.39. The standard InChI is InChI=1S/C31H19F20N3O2S/c32-23(33,26(37,31(49,50)51)27(38,39)25(28(40,41)42,29(43,44)45)30(46,47)48)22(56)54-10-8-14(9-11-54)21-53-19(13-57-21)20(55)52-18-7-2-1-6-17(18)15-4-3-5-16(12-15)24(34,35)36/h1-7,12-14H,8-11H2,(H,52,55). The number of amides is 2. The number of benzene rings is 2. The van der Waals surface area contributed by atoms with Crippen LogP contribution in [0.25, 0.3) is 11.1 Å². The molecule has 2 amide bonds. The predicted molar refractivity (Wildman–Crippen MR) is 156 cm³/mol. The lowest BCUT2D eigenvalue weighted by molar-refractivity contribution is -0.509. The van der Waals surface area contributed by atoms with Gasteiger partial charge in [-0.1, -0.05) is 30.3 Å². The van der Waals surface area contributed by atoms with Crippen LogP contribution in [-0.2, 0) is 11.0 Å². The number of alkyl halides is 20. The van der Waals surface area contributed by atoms with Gasteiger partial charge in [-0.05, 0) is 36.6 Å². The van der Waals surface area contributed by atoms with E-state index in [2.05, 4.69) is 10.3 Å². The van der Waals surface area contributed by atoms with E-state index in [1.807, 2.05) is 0 Å². The van der Waals surface area contributed by atoms with E-state index >= 15 is 13.2 Å². The minimum Gasteiger partial charge on any atom is -0.337 e. The second-order valence-corrected chi connectivity index (χ2v) is 13.2. The van der Waals surface area contributed by atoms with Crippen molar-refractivity contribution >= 4 is 28.8 Å². The Balaban J connectivity index is 1.58. The molecule has 1 saturated heterocycles. The summed E-state index contributed by atoms with van der Waals surface area (Å²) in [6.45, 7) is -2.65. The van der Waals surface area contributed by atoms with Crippen molar-refractivity contribution in [1.82, 2.24) is 9.88 Å². The summed E-state index contributed by atoms with van der Waals surface area (Å²) < 4.78 is 276. The van der Waals surface area contributed by atoms with Crippen LogP contribution in [0, 0.1) is 5.41 Å². The fourth-order valence-corrected chi connectivity index (χ4v) is 6.95. The zero-order valence-electron chi connectivity index (χ0n) is 27.3. The molecule has 57 heavy (non-hydrogen) atoms. The number of nitrogens with one attached hydrogen (secondary N) is 1. The molecule has 0 saturated carbocycles. The van der Waals surface area contributed by atoms with Gasteiger partial charge < -0.3 is 10.2 Å². The number of rotatable bonds is 8. The number of carbonyl (C=O) groups excluding carboxylic acids is 2.